The molecule has 0 radical (unpaired) electrons. The largest absolute Gasteiger partial charge is 0.404 e. The average Bonchev–Trinajstić information content (AvgIpc) is 3.58. The van der Waals surface area contributed by atoms with Crippen LogP contribution in [0.1, 0.15) is 50.3 Å². The van der Waals surface area contributed by atoms with Gasteiger partial charge in [-0.15, -0.1) is 0 Å². The van der Waals surface area contributed by atoms with Crippen molar-refractivity contribution in [2.45, 2.75) is 38.6 Å². The van der Waals surface area contributed by atoms with Gasteiger partial charge in [-0.3, -0.25) is 9.67 Å². The number of sulfone groups is 1. The van der Waals surface area contributed by atoms with Gasteiger partial charge in [0.1, 0.15) is 5.82 Å². The first-order valence-corrected chi connectivity index (χ1v) is 13.3. The fourth-order valence-electron chi connectivity index (χ4n) is 4.12. The van der Waals surface area contributed by atoms with Crippen molar-refractivity contribution in [1.82, 2.24) is 24.9 Å². The predicted octanol–water partition coefficient (Wildman–Crippen LogP) is 2.45. The van der Waals surface area contributed by atoms with Crippen LogP contribution in [0.5, 0.6) is 0 Å². The van der Waals surface area contributed by atoms with Gasteiger partial charge in [-0.25, -0.2) is 13.4 Å². The van der Waals surface area contributed by atoms with E-state index in [1.165, 1.54) is 12.4 Å². The third-order valence-corrected chi connectivity index (χ3v) is 8.43. The van der Waals surface area contributed by atoms with E-state index in [-0.39, 0.29) is 29.3 Å². The van der Waals surface area contributed by atoms with E-state index in [1.807, 2.05) is 19.1 Å². The molecular formula is C24H30N8O3S. The van der Waals surface area contributed by atoms with Crippen LogP contribution in [-0.4, -0.2) is 51.0 Å². The molecule has 0 amide bonds. The van der Waals surface area contributed by atoms with Crippen LogP contribution in [-0.2, 0) is 15.3 Å². The molecule has 1 fully saturated rings. The molecule has 1 unspecified atom stereocenters. The van der Waals surface area contributed by atoms with E-state index in [0.29, 0.717) is 35.0 Å². The third kappa shape index (κ3) is 4.94. The third-order valence-electron chi connectivity index (χ3n) is 6.68. The molecule has 36 heavy (non-hydrogen) atoms. The van der Waals surface area contributed by atoms with E-state index in [2.05, 4.69) is 45.6 Å². The number of hydrogen-bond donors (Lipinski definition) is 2. The van der Waals surface area contributed by atoms with E-state index in [4.69, 9.17) is 16.0 Å². The molecule has 1 aliphatic rings. The molecule has 4 heterocycles. The molecule has 0 aromatic carbocycles. The van der Waals surface area contributed by atoms with E-state index >= 15 is 0 Å². The molecule has 3 aromatic heterocycles. The van der Waals surface area contributed by atoms with Crippen LogP contribution < -0.4 is 11.5 Å². The Morgan fingerprint density at radius 1 is 1.36 bits per heavy atom. The lowest BCUT2D eigenvalue weighted by Gasteiger charge is -2.30. The highest BCUT2D eigenvalue weighted by atomic mass is 32.2. The van der Waals surface area contributed by atoms with Gasteiger partial charge < -0.3 is 16.0 Å². The van der Waals surface area contributed by atoms with Gasteiger partial charge in [0, 0.05) is 30.4 Å². The van der Waals surface area contributed by atoms with Crippen LogP contribution >= 0.6 is 0 Å². The summed E-state index contributed by atoms with van der Waals surface area (Å²) < 4.78 is 30.9. The van der Waals surface area contributed by atoms with Crippen molar-refractivity contribution in [2.75, 3.05) is 11.5 Å². The number of aliphatic imine (C=N–C) groups is 1. The van der Waals surface area contributed by atoms with Gasteiger partial charge in [0.2, 0.25) is 0 Å². The summed E-state index contributed by atoms with van der Waals surface area (Å²) in [7, 11) is -3.02. The van der Waals surface area contributed by atoms with Gasteiger partial charge in [0.15, 0.2) is 15.7 Å². The van der Waals surface area contributed by atoms with Crippen molar-refractivity contribution in [2.24, 2.45) is 22.4 Å². The summed E-state index contributed by atoms with van der Waals surface area (Å²) in [5.74, 6) is 1.37. The minimum Gasteiger partial charge on any atom is -0.404 e. The molecule has 4 N–H and O–H groups in total. The number of rotatable bonds is 8. The van der Waals surface area contributed by atoms with Crippen molar-refractivity contribution in [3.63, 3.8) is 0 Å². The second-order valence-electron chi connectivity index (χ2n) is 9.35. The molecule has 1 aliphatic heterocycles. The summed E-state index contributed by atoms with van der Waals surface area (Å²) in [5.41, 5.74) is 13.4. The molecule has 4 rings (SSSR count). The summed E-state index contributed by atoms with van der Waals surface area (Å²) in [4.78, 5) is 13.2. The van der Waals surface area contributed by atoms with Gasteiger partial charge in [0.05, 0.1) is 40.4 Å². The van der Waals surface area contributed by atoms with E-state index < -0.39 is 15.3 Å². The summed E-state index contributed by atoms with van der Waals surface area (Å²) in [5, 5.41) is 8.63. The standard InChI is InChI=1S/C24H30N8O3S/c1-15(2)24(4,19-5-6-21(28-12-19)17(9-25)10-27-16(3)26)23-30-22(35-31-23)18-11-29-32(13-18)20-7-8-36(33,34)14-20/h5-6,9-13,15,20H,3,7-8,14,25-26H2,1-2,4H3/b17-9+,27-10-/t20?,24-/m1/s1. The lowest BCUT2D eigenvalue weighted by Crippen LogP contribution is -2.31. The van der Waals surface area contributed by atoms with Gasteiger partial charge in [-0.1, -0.05) is 31.6 Å². The average molecular weight is 511 g/mol. The molecule has 190 valence electrons. The summed E-state index contributed by atoms with van der Waals surface area (Å²) in [6.07, 6.45) is 8.59. The maximum Gasteiger partial charge on any atom is 0.261 e. The number of hydrogen-bond acceptors (Lipinski definition) is 10. The summed E-state index contributed by atoms with van der Waals surface area (Å²) in [6.45, 7) is 9.73. The van der Waals surface area contributed by atoms with Crippen LogP contribution in [0.4, 0.5) is 0 Å². The van der Waals surface area contributed by atoms with Crippen LogP contribution in [0.3, 0.4) is 0 Å². The first-order valence-electron chi connectivity index (χ1n) is 11.5. The van der Waals surface area contributed by atoms with E-state index in [1.54, 1.807) is 23.3 Å². The Morgan fingerprint density at radius 3 is 2.72 bits per heavy atom. The zero-order valence-corrected chi connectivity index (χ0v) is 21.3. The molecule has 0 spiro atoms. The molecule has 1 saturated heterocycles. The predicted molar refractivity (Wildman–Crippen MR) is 137 cm³/mol. The van der Waals surface area contributed by atoms with Gasteiger partial charge in [-0.2, -0.15) is 10.1 Å². The molecule has 0 saturated carbocycles. The second kappa shape index (κ2) is 9.69. The molecule has 11 nitrogen and oxygen atoms in total. The van der Waals surface area contributed by atoms with Crippen molar-refractivity contribution >= 4 is 21.6 Å². The Balaban J connectivity index is 1.61. The Labute approximate surface area is 209 Å². The molecule has 2 atom stereocenters. The van der Waals surface area contributed by atoms with Crippen molar-refractivity contribution < 1.29 is 12.9 Å². The van der Waals surface area contributed by atoms with E-state index in [0.717, 1.165) is 5.56 Å². The summed E-state index contributed by atoms with van der Waals surface area (Å²) >= 11 is 0. The Bertz CT molecular complexity index is 1420. The number of pyridine rings is 1. The highest BCUT2D eigenvalue weighted by Crippen LogP contribution is 2.38. The summed E-state index contributed by atoms with van der Waals surface area (Å²) in [6, 6.07) is 3.61. The minimum absolute atomic E-state index is 0.0888. The normalized spacial score (nSPS) is 19.7. The van der Waals surface area contributed by atoms with Crippen molar-refractivity contribution in [3.05, 3.63) is 66.4 Å². The first-order chi connectivity index (χ1) is 17.0. The molecule has 3 aromatic rings. The highest BCUT2D eigenvalue weighted by Gasteiger charge is 2.38. The SMILES string of the molecule is C=C(N)/N=C\C(=C/N)c1ccc([C@](C)(c2noc(-c3cnn(C4CCS(=O)(=O)C4)c3)n2)C(C)C)cn1. The molecule has 0 bridgehead atoms. The number of aromatic nitrogens is 5. The van der Waals surface area contributed by atoms with Gasteiger partial charge in [-0.05, 0) is 30.9 Å². The maximum atomic E-state index is 11.8. The molecular weight excluding hydrogens is 480 g/mol. The first kappa shape index (κ1) is 25.3. The van der Waals surface area contributed by atoms with Crippen LogP contribution in [0, 0.1) is 5.92 Å². The zero-order chi connectivity index (χ0) is 26.1. The monoisotopic (exact) mass is 510 g/mol. The van der Waals surface area contributed by atoms with Crippen LogP contribution in [0.15, 0.2) is 58.8 Å². The topological polar surface area (TPSA) is 168 Å². The van der Waals surface area contributed by atoms with Crippen LogP contribution in [0.2, 0.25) is 0 Å². The lowest BCUT2D eigenvalue weighted by atomic mass is 9.73. The molecule has 12 heteroatoms. The van der Waals surface area contributed by atoms with Gasteiger partial charge >= 0.3 is 0 Å². The maximum absolute atomic E-state index is 11.8. The number of allylic oxidation sites excluding steroid dienone is 1. The minimum atomic E-state index is -3.02. The lowest BCUT2D eigenvalue weighted by molar-refractivity contribution is 0.350. The number of nitrogens with two attached hydrogens (primary N) is 2. The highest BCUT2D eigenvalue weighted by molar-refractivity contribution is 7.91. The van der Waals surface area contributed by atoms with E-state index in [9.17, 15) is 8.42 Å². The zero-order valence-electron chi connectivity index (χ0n) is 20.5. The smallest absolute Gasteiger partial charge is 0.261 e. The fourth-order valence-corrected chi connectivity index (χ4v) is 5.83. The Kier molecular flexibility index (Phi) is 6.81. The van der Waals surface area contributed by atoms with Crippen molar-refractivity contribution in [3.8, 4) is 11.5 Å². The quantitative estimate of drug-likeness (QED) is 0.432. The van der Waals surface area contributed by atoms with Crippen LogP contribution in [0.25, 0.3) is 17.0 Å². The molecule has 0 aliphatic carbocycles. The van der Waals surface area contributed by atoms with Gasteiger partial charge in [0.25, 0.3) is 5.89 Å². The number of nitrogens with zero attached hydrogens (tertiary/aromatic N) is 6. The Morgan fingerprint density at radius 2 is 2.14 bits per heavy atom. The second-order valence-corrected chi connectivity index (χ2v) is 11.6. The van der Waals surface area contributed by atoms with Crippen molar-refractivity contribution in [1.29, 1.82) is 0 Å². The fraction of sp³-hybridized carbons (Fsp3) is 0.375. The Hall–Kier alpha value is -3.80.